The molecular weight excluding hydrogens is 221 g/mol. The van der Waals surface area contributed by atoms with E-state index in [9.17, 15) is 17.2 Å². The van der Waals surface area contributed by atoms with Gasteiger partial charge in [0.25, 0.3) is 10.1 Å². The second-order valence-electron chi connectivity index (χ2n) is 1.66. The summed E-state index contributed by atoms with van der Waals surface area (Å²) < 4.78 is 53.2. The molecule has 1 aromatic heterocycles. The van der Waals surface area contributed by atoms with Crippen molar-refractivity contribution in [2.75, 3.05) is 0 Å². The average Bonchev–Trinajstić information content (AvgIpc) is 2.08. The molecule has 0 aromatic carbocycles. The van der Waals surface area contributed by atoms with Crippen LogP contribution in [0.4, 0.5) is 8.78 Å². The van der Waals surface area contributed by atoms with Crippen molar-refractivity contribution in [2.45, 2.75) is 4.90 Å². The van der Waals surface area contributed by atoms with E-state index in [1.165, 1.54) is 0 Å². The number of rotatable bonds is 1. The Morgan fingerprint density at radius 3 is 2.17 bits per heavy atom. The zero-order valence-electron chi connectivity index (χ0n) is 6.91. The van der Waals surface area contributed by atoms with Crippen molar-refractivity contribution >= 4 is 21.5 Å². The SMILES string of the molecule is O=S(=O)(O)c1cc(F)sc1F.[H-].[Na+]. The monoisotopic (exact) mass is 224 g/mol. The summed E-state index contributed by atoms with van der Waals surface area (Å²) in [6, 6.07) is 0.426. The number of thiophene rings is 1. The summed E-state index contributed by atoms with van der Waals surface area (Å²) in [6.07, 6.45) is 0. The standard InChI is InChI=1S/C4H2F2O3S2.Na.H/c5-3-1-2(4(6)10-3)11(7,8)9;;/h1H,(H,7,8,9);;/q;+1;-1. The molecule has 0 spiro atoms. The smallest absolute Gasteiger partial charge is 1.00 e. The van der Waals surface area contributed by atoms with Crippen molar-refractivity contribution in [3.63, 3.8) is 0 Å². The molecule has 0 bridgehead atoms. The third-order valence-electron chi connectivity index (χ3n) is 0.903. The largest absolute Gasteiger partial charge is 1.00 e. The number of hydrogen-bond donors (Lipinski definition) is 1. The molecule has 0 saturated heterocycles. The summed E-state index contributed by atoms with van der Waals surface area (Å²) >= 11 is 0.0236. The molecule has 12 heavy (non-hydrogen) atoms. The van der Waals surface area contributed by atoms with Crippen molar-refractivity contribution in [3.05, 3.63) is 16.3 Å². The molecule has 0 fully saturated rings. The van der Waals surface area contributed by atoms with Crippen LogP contribution in [0.5, 0.6) is 0 Å². The first-order valence-corrected chi connectivity index (χ1v) is 4.59. The van der Waals surface area contributed by atoms with Gasteiger partial charge in [0.05, 0.1) is 0 Å². The van der Waals surface area contributed by atoms with Crippen molar-refractivity contribution in [2.24, 2.45) is 0 Å². The van der Waals surface area contributed by atoms with E-state index in [4.69, 9.17) is 4.55 Å². The molecule has 1 heterocycles. The molecule has 1 aromatic rings. The molecular formula is C4H3F2NaO3S2. The second kappa shape index (κ2) is 4.12. The van der Waals surface area contributed by atoms with E-state index in [0.29, 0.717) is 6.07 Å². The maximum absolute atomic E-state index is 12.3. The molecule has 64 valence electrons. The van der Waals surface area contributed by atoms with Gasteiger partial charge in [-0.2, -0.15) is 17.2 Å². The van der Waals surface area contributed by atoms with Gasteiger partial charge in [-0.3, -0.25) is 4.55 Å². The van der Waals surface area contributed by atoms with E-state index in [0.717, 1.165) is 0 Å². The number of hydrogen-bond acceptors (Lipinski definition) is 3. The van der Waals surface area contributed by atoms with Gasteiger partial charge < -0.3 is 1.43 Å². The quantitative estimate of drug-likeness (QED) is 0.461. The van der Waals surface area contributed by atoms with Gasteiger partial charge >= 0.3 is 29.6 Å². The molecule has 0 saturated carbocycles. The van der Waals surface area contributed by atoms with Crippen molar-refractivity contribution < 1.29 is 52.7 Å². The molecule has 0 aliphatic carbocycles. The Morgan fingerprint density at radius 1 is 1.50 bits per heavy atom. The van der Waals surface area contributed by atoms with Crippen LogP contribution in [0.15, 0.2) is 11.0 Å². The minimum Gasteiger partial charge on any atom is -1.00 e. The first-order chi connectivity index (χ1) is 4.91. The Kier molecular flexibility index (Phi) is 4.28. The first kappa shape index (κ1) is 12.5. The van der Waals surface area contributed by atoms with Crippen LogP contribution in [0, 0.1) is 10.3 Å². The van der Waals surface area contributed by atoms with Gasteiger partial charge in [-0.05, 0) is 0 Å². The summed E-state index contributed by atoms with van der Waals surface area (Å²) in [6.45, 7) is 0. The van der Waals surface area contributed by atoms with E-state index < -0.39 is 25.3 Å². The maximum atomic E-state index is 12.3. The fourth-order valence-electron chi connectivity index (χ4n) is 0.501. The van der Waals surface area contributed by atoms with Gasteiger partial charge in [-0.15, -0.1) is 0 Å². The van der Waals surface area contributed by atoms with Gasteiger partial charge in [0.1, 0.15) is 4.90 Å². The molecule has 0 radical (unpaired) electrons. The molecule has 0 atom stereocenters. The minimum absolute atomic E-state index is 0. The molecule has 0 amide bonds. The van der Waals surface area contributed by atoms with Gasteiger partial charge in [-0.25, -0.2) is 0 Å². The Balaban J connectivity index is 0. The fourth-order valence-corrected chi connectivity index (χ4v) is 1.98. The van der Waals surface area contributed by atoms with Gasteiger partial charge in [0.2, 0.25) is 0 Å². The Bertz CT molecular complexity index is 377. The summed E-state index contributed by atoms with van der Waals surface area (Å²) in [7, 11) is -4.62. The zero-order chi connectivity index (χ0) is 8.65. The predicted molar refractivity (Wildman–Crippen MR) is 35.2 cm³/mol. The van der Waals surface area contributed by atoms with Crippen molar-refractivity contribution in [1.82, 2.24) is 0 Å². The fraction of sp³-hybridized carbons (Fsp3) is 0. The van der Waals surface area contributed by atoms with Gasteiger partial charge in [-0.1, -0.05) is 11.3 Å². The molecule has 0 aliphatic rings. The molecule has 3 nitrogen and oxygen atoms in total. The van der Waals surface area contributed by atoms with Crippen LogP contribution in [0.1, 0.15) is 1.43 Å². The van der Waals surface area contributed by atoms with E-state index >= 15 is 0 Å². The van der Waals surface area contributed by atoms with Crippen molar-refractivity contribution in [3.8, 4) is 0 Å². The second-order valence-corrected chi connectivity index (χ2v) is 4.01. The molecule has 0 aliphatic heterocycles. The van der Waals surface area contributed by atoms with E-state index in [-0.39, 0.29) is 42.3 Å². The van der Waals surface area contributed by atoms with E-state index in [1.54, 1.807) is 0 Å². The average molecular weight is 224 g/mol. The maximum Gasteiger partial charge on any atom is 1.00 e. The normalized spacial score (nSPS) is 10.9. The summed E-state index contributed by atoms with van der Waals surface area (Å²) in [5, 5.41) is -2.24. The summed E-state index contributed by atoms with van der Waals surface area (Å²) in [5.74, 6) is 0. The molecule has 0 unspecified atom stereocenters. The van der Waals surface area contributed by atoms with Crippen LogP contribution in [-0.2, 0) is 10.1 Å². The van der Waals surface area contributed by atoms with E-state index in [2.05, 4.69) is 0 Å². The van der Waals surface area contributed by atoms with E-state index in [1.807, 2.05) is 0 Å². The predicted octanol–water partition coefficient (Wildman–Crippen LogP) is -1.61. The van der Waals surface area contributed by atoms with Crippen LogP contribution in [0.3, 0.4) is 0 Å². The summed E-state index contributed by atoms with van der Waals surface area (Å²) in [5.41, 5.74) is 0. The Morgan fingerprint density at radius 2 is 2.00 bits per heavy atom. The third kappa shape index (κ3) is 2.75. The number of halogens is 2. The topological polar surface area (TPSA) is 54.4 Å². The van der Waals surface area contributed by atoms with Crippen LogP contribution < -0.4 is 29.6 Å². The first-order valence-electron chi connectivity index (χ1n) is 2.33. The van der Waals surface area contributed by atoms with Crippen LogP contribution in [0.2, 0.25) is 0 Å². The molecule has 8 heteroatoms. The van der Waals surface area contributed by atoms with Crippen LogP contribution in [0.25, 0.3) is 0 Å². The Labute approximate surface area is 94.9 Å². The molecule has 1 rings (SSSR count). The van der Waals surface area contributed by atoms with Crippen LogP contribution >= 0.6 is 11.3 Å². The molecule has 1 N–H and O–H groups in total. The summed E-state index contributed by atoms with van der Waals surface area (Å²) in [4.78, 5) is -1.01. The van der Waals surface area contributed by atoms with Crippen molar-refractivity contribution in [1.29, 1.82) is 0 Å². The minimum atomic E-state index is -4.62. The Hall–Kier alpha value is 0.470. The van der Waals surface area contributed by atoms with Gasteiger partial charge in [0, 0.05) is 6.07 Å². The van der Waals surface area contributed by atoms with Gasteiger partial charge in [0.15, 0.2) is 10.3 Å². The van der Waals surface area contributed by atoms with Crippen LogP contribution in [-0.4, -0.2) is 13.0 Å². The zero-order valence-corrected chi connectivity index (χ0v) is 9.55. The third-order valence-corrected chi connectivity index (χ3v) is 2.60.